The SMILES string of the molecule is O=S(=O)(NCCCn1cnc2ccccc21)c1ccc(Br)cc1Cl. The number of nitrogens with one attached hydrogen (secondary N) is 1. The van der Waals surface area contributed by atoms with Gasteiger partial charge in [0, 0.05) is 17.6 Å². The fraction of sp³-hybridized carbons (Fsp3) is 0.188. The minimum absolute atomic E-state index is 0.0837. The standard InChI is InChI=1S/C16H15BrClN3O2S/c17-12-6-7-16(13(18)10-12)24(22,23)20-8-3-9-21-11-19-14-4-1-2-5-15(14)21/h1-2,4-7,10-11,20H,3,8-9H2. The number of sulfonamides is 1. The molecule has 0 saturated carbocycles. The van der Waals surface area contributed by atoms with E-state index < -0.39 is 10.0 Å². The third kappa shape index (κ3) is 3.80. The summed E-state index contributed by atoms with van der Waals surface area (Å²) >= 11 is 9.27. The molecule has 0 bridgehead atoms. The fourth-order valence-corrected chi connectivity index (χ4v) is 4.52. The van der Waals surface area contributed by atoms with Crippen LogP contribution in [0.1, 0.15) is 6.42 Å². The summed E-state index contributed by atoms with van der Waals surface area (Å²) in [7, 11) is -3.62. The molecule has 0 unspecified atom stereocenters. The van der Waals surface area contributed by atoms with E-state index in [1.807, 2.05) is 28.8 Å². The van der Waals surface area contributed by atoms with Crippen LogP contribution in [0.3, 0.4) is 0 Å². The van der Waals surface area contributed by atoms with E-state index in [1.54, 1.807) is 18.5 Å². The van der Waals surface area contributed by atoms with Crippen molar-refractivity contribution in [1.82, 2.24) is 14.3 Å². The Labute approximate surface area is 153 Å². The van der Waals surface area contributed by atoms with E-state index in [0.29, 0.717) is 19.5 Å². The first kappa shape index (κ1) is 17.4. The van der Waals surface area contributed by atoms with Crippen molar-refractivity contribution in [3.8, 4) is 0 Å². The maximum atomic E-state index is 12.3. The summed E-state index contributed by atoms with van der Waals surface area (Å²) in [5.74, 6) is 0. The molecule has 1 N–H and O–H groups in total. The van der Waals surface area contributed by atoms with Crippen molar-refractivity contribution in [3.63, 3.8) is 0 Å². The Kier molecular flexibility index (Phi) is 5.24. The average Bonchev–Trinajstić information content (AvgIpc) is 2.94. The molecule has 0 aliphatic carbocycles. The molecule has 24 heavy (non-hydrogen) atoms. The first-order valence-electron chi connectivity index (χ1n) is 7.32. The van der Waals surface area contributed by atoms with Gasteiger partial charge < -0.3 is 4.57 Å². The Bertz CT molecular complexity index is 972. The third-order valence-electron chi connectivity index (χ3n) is 3.58. The second-order valence-corrected chi connectivity index (χ2v) is 8.31. The van der Waals surface area contributed by atoms with Crippen LogP contribution in [0.25, 0.3) is 11.0 Å². The summed E-state index contributed by atoms with van der Waals surface area (Å²) in [5, 5.41) is 0.192. The molecule has 0 aliphatic rings. The van der Waals surface area contributed by atoms with Crippen molar-refractivity contribution in [2.24, 2.45) is 0 Å². The van der Waals surface area contributed by atoms with Gasteiger partial charge in [-0.1, -0.05) is 39.7 Å². The molecule has 0 radical (unpaired) electrons. The Hall–Kier alpha value is -1.41. The number of halogens is 2. The zero-order chi connectivity index (χ0) is 17.2. The number of aryl methyl sites for hydroxylation is 1. The summed E-state index contributed by atoms with van der Waals surface area (Å²) in [5.41, 5.74) is 1.97. The van der Waals surface area contributed by atoms with Crippen LogP contribution >= 0.6 is 27.5 Å². The molecule has 1 heterocycles. The molecule has 3 aromatic rings. The molecule has 8 heteroatoms. The van der Waals surface area contributed by atoms with Gasteiger partial charge in [-0.2, -0.15) is 0 Å². The van der Waals surface area contributed by atoms with E-state index in [-0.39, 0.29) is 9.92 Å². The van der Waals surface area contributed by atoms with Crippen LogP contribution < -0.4 is 4.72 Å². The highest BCUT2D eigenvalue weighted by Crippen LogP contribution is 2.25. The highest BCUT2D eigenvalue weighted by Gasteiger charge is 2.17. The van der Waals surface area contributed by atoms with Crippen molar-refractivity contribution in [2.75, 3.05) is 6.54 Å². The fourth-order valence-electron chi connectivity index (χ4n) is 2.42. The third-order valence-corrected chi connectivity index (χ3v) is 6.02. The molecule has 0 atom stereocenters. The molecule has 1 aromatic heterocycles. The lowest BCUT2D eigenvalue weighted by Gasteiger charge is -2.09. The second kappa shape index (κ2) is 7.23. The van der Waals surface area contributed by atoms with Gasteiger partial charge in [0.25, 0.3) is 0 Å². The molecular weight excluding hydrogens is 414 g/mol. The number of fused-ring (bicyclic) bond motifs is 1. The monoisotopic (exact) mass is 427 g/mol. The van der Waals surface area contributed by atoms with Gasteiger partial charge in [-0.05, 0) is 36.8 Å². The van der Waals surface area contributed by atoms with Gasteiger partial charge in [0.2, 0.25) is 10.0 Å². The minimum Gasteiger partial charge on any atom is -0.331 e. The van der Waals surface area contributed by atoms with Gasteiger partial charge in [0.1, 0.15) is 4.90 Å². The Morgan fingerprint density at radius 2 is 2.00 bits per heavy atom. The number of rotatable bonds is 6. The maximum absolute atomic E-state index is 12.3. The summed E-state index contributed by atoms with van der Waals surface area (Å²) in [6, 6.07) is 12.5. The summed E-state index contributed by atoms with van der Waals surface area (Å²) in [6.07, 6.45) is 2.42. The Morgan fingerprint density at radius 1 is 1.21 bits per heavy atom. The van der Waals surface area contributed by atoms with Crippen LogP contribution in [0.15, 0.2) is 58.2 Å². The lowest BCUT2D eigenvalue weighted by Crippen LogP contribution is -2.25. The zero-order valence-electron chi connectivity index (χ0n) is 12.6. The largest absolute Gasteiger partial charge is 0.331 e. The van der Waals surface area contributed by atoms with Gasteiger partial charge in [0.15, 0.2) is 0 Å². The lowest BCUT2D eigenvalue weighted by atomic mass is 10.3. The van der Waals surface area contributed by atoms with E-state index in [4.69, 9.17) is 11.6 Å². The highest BCUT2D eigenvalue weighted by molar-refractivity contribution is 9.10. The normalized spacial score (nSPS) is 11.9. The molecule has 0 saturated heterocycles. The number of aromatic nitrogens is 2. The van der Waals surface area contributed by atoms with E-state index in [9.17, 15) is 8.42 Å². The number of para-hydroxylation sites is 2. The molecule has 2 aromatic carbocycles. The van der Waals surface area contributed by atoms with Crippen molar-refractivity contribution in [1.29, 1.82) is 0 Å². The molecular formula is C16H15BrClN3O2S. The number of imidazole rings is 1. The van der Waals surface area contributed by atoms with E-state index in [1.165, 1.54) is 6.07 Å². The van der Waals surface area contributed by atoms with Gasteiger partial charge in [-0.15, -0.1) is 0 Å². The van der Waals surface area contributed by atoms with Gasteiger partial charge in [-0.3, -0.25) is 0 Å². The van der Waals surface area contributed by atoms with Crippen LogP contribution in [-0.2, 0) is 16.6 Å². The van der Waals surface area contributed by atoms with Crippen LogP contribution in [0, 0.1) is 0 Å². The van der Waals surface area contributed by atoms with Crippen molar-refractivity contribution in [3.05, 3.63) is 58.3 Å². The number of benzene rings is 2. The number of nitrogens with zero attached hydrogens (tertiary/aromatic N) is 2. The van der Waals surface area contributed by atoms with Crippen molar-refractivity contribution < 1.29 is 8.42 Å². The van der Waals surface area contributed by atoms with Crippen LogP contribution in [0.5, 0.6) is 0 Å². The molecule has 0 fully saturated rings. The summed E-state index contributed by atoms with van der Waals surface area (Å²) in [4.78, 5) is 4.40. The molecule has 0 aliphatic heterocycles. The molecule has 126 valence electrons. The quantitative estimate of drug-likeness (QED) is 0.607. The maximum Gasteiger partial charge on any atom is 0.242 e. The number of hydrogen-bond donors (Lipinski definition) is 1. The smallest absolute Gasteiger partial charge is 0.242 e. The zero-order valence-corrected chi connectivity index (χ0v) is 15.8. The lowest BCUT2D eigenvalue weighted by molar-refractivity contribution is 0.571. The average molecular weight is 429 g/mol. The topological polar surface area (TPSA) is 64.0 Å². The van der Waals surface area contributed by atoms with Gasteiger partial charge >= 0.3 is 0 Å². The molecule has 3 rings (SSSR count). The summed E-state index contributed by atoms with van der Waals surface area (Å²) < 4.78 is 29.9. The highest BCUT2D eigenvalue weighted by atomic mass is 79.9. The predicted molar refractivity (Wildman–Crippen MR) is 98.7 cm³/mol. The van der Waals surface area contributed by atoms with Crippen molar-refractivity contribution >= 4 is 48.6 Å². The second-order valence-electron chi connectivity index (χ2n) is 5.25. The van der Waals surface area contributed by atoms with Crippen LogP contribution in [-0.4, -0.2) is 24.5 Å². The van der Waals surface area contributed by atoms with Crippen LogP contribution in [0.2, 0.25) is 5.02 Å². The van der Waals surface area contributed by atoms with Gasteiger partial charge in [0.05, 0.1) is 22.4 Å². The Balaban J connectivity index is 1.61. The molecule has 0 spiro atoms. The first-order valence-corrected chi connectivity index (χ1v) is 9.97. The Morgan fingerprint density at radius 3 is 2.79 bits per heavy atom. The predicted octanol–water partition coefficient (Wildman–Crippen LogP) is 3.82. The van der Waals surface area contributed by atoms with Crippen molar-refractivity contribution in [2.45, 2.75) is 17.9 Å². The van der Waals surface area contributed by atoms with Gasteiger partial charge in [-0.25, -0.2) is 18.1 Å². The minimum atomic E-state index is -3.62. The first-order chi connectivity index (χ1) is 11.5. The van der Waals surface area contributed by atoms with E-state index in [2.05, 4.69) is 25.6 Å². The molecule has 5 nitrogen and oxygen atoms in total. The van der Waals surface area contributed by atoms with Crippen LogP contribution in [0.4, 0.5) is 0 Å². The molecule has 0 amide bonds. The van der Waals surface area contributed by atoms with E-state index in [0.717, 1.165) is 15.5 Å². The number of hydrogen-bond acceptors (Lipinski definition) is 3. The van der Waals surface area contributed by atoms with E-state index >= 15 is 0 Å². The summed E-state index contributed by atoms with van der Waals surface area (Å²) in [6.45, 7) is 0.998.